The van der Waals surface area contributed by atoms with Crippen LogP contribution in [0.1, 0.15) is 17.0 Å². The minimum atomic E-state index is -0.342. The first-order valence-corrected chi connectivity index (χ1v) is 8.01. The number of hydrogen-bond acceptors (Lipinski definition) is 3. The molecule has 0 saturated heterocycles. The number of halogens is 3. The molecule has 0 atom stereocenters. The van der Waals surface area contributed by atoms with Gasteiger partial charge in [-0.3, -0.25) is 9.56 Å². The molecule has 0 spiro atoms. The molecule has 114 valence electrons. The summed E-state index contributed by atoms with van der Waals surface area (Å²) in [6.45, 7) is 0.298. The van der Waals surface area contributed by atoms with Crippen molar-refractivity contribution in [1.82, 2.24) is 14.8 Å². The van der Waals surface area contributed by atoms with E-state index in [0.29, 0.717) is 34.2 Å². The molecule has 0 aliphatic carbocycles. The number of rotatable bonds is 1. The first-order valence-electron chi connectivity index (χ1n) is 6.84. The maximum absolute atomic E-state index is 14.3. The highest BCUT2D eigenvalue weighted by atomic mass is 79.9. The number of benzene rings is 2. The van der Waals surface area contributed by atoms with Crippen LogP contribution in [0.2, 0.25) is 5.02 Å². The fourth-order valence-corrected chi connectivity index (χ4v) is 3.22. The number of fused-ring (bicyclic) bond motifs is 3. The molecule has 0 unspecified atom stereocenters. The Morgan fingerprint density at radius 2 is 2.00 bits per heavy atom. The maximum atomic E-state index is 14.3. The van der Waals surface area contributed by atoms with Gasteiger partial charge in [0.1, 0.15) is 18.7 Å². The predicted octanol–water partition coefficient (Wildman–Crippen LogP) is 4.17. The van der Waals surface area contributed by atoms with E-state index in [1.807, 2.05) is 16.7 Å². The third kappa shape index (κ3) is 2.29. The van der Waals surface area contributed by atoms with Gasteiger partial charge in [-0.25, -0.2) is 4.39 Å². The molecule has 2 aromatic carbocycles. The Bertz CT molecular complexity index is 951. The van der Waals surface area contributed by atoms with E-state index in [9.17, 15) is 4.39 Å². The summed E-state index contributed by atoms with van der Waals surface area (Å²) in [5.74, 6) is 0.335. The van der Waals surface area contributed by atoms with Gasteiger partial charge in [-0.05, 0) is 40.2 Å². The first-order chi connectivity index (χ1) is 11.2. The Hall–Kier alpha value is -2.05. The first kappa shape index (κ1) is 14.5. The molecule has 0 saturated carbocycles. The fraction of sp³-hybridized carbons (Fsp3) is 0.0625. The van der Waals surface area contributed by atoms with Crippen LogP contribution in [0.15, 0.2) is 52.2 Å². The van der Waals surface area contributed by atoms with E-state index in [-0.39, 0.29) is 5.82 Å². The van der Waals surface area contributed by atoms with Gasteiger partial charge in [0.05, 0.1) is 16.4 Å². The lowest BCUT2D eigenvalue weighted by atomic mass is 10.00. The van der Waals surface area contributed by atoms with Crippen LogP contribution < -0.4 is 0 Å². The highest BCUT2D eigenvalue weighted by Crippen LogP contribution is 2.35. The smallest absolute Gasteiger partial charge is 0.159 e. The average Bonchev–Trinajstić information content (AvgIpc) is 2.95. The summed E-state index contributed by atoms with van der Waals surface area (Å²) >= 11 is 9.94. The minimum Gasteiger partial charge on any atom is -0.283 e. The van der Waals surface area contributed by atoms with Gasteiger partial charge >= 0.3 is 0 Å². The van der Waals surface area contributed by atoms with Crippen molar-refractivity contribution in [3.8, 4) is 5.69 Å². The highest BCUT2D eigenvalue weighted by Gasteiger charge is 2.24. The Balaban J connectivity index is 2.06. The van der Waals surface area contributed by atoms with Crippen LogP contribution in [0.3, 0.4) is 0 Å². The van der Waals surface area contributed by atoms with Crippen LogP contribution in [-0.4, -0.2) is 20.5 Å². The van der Waals surface area contributed by atoms with E-state index >= 15 is 0 Å². The molecule has 23 heavy (non-hydrogen) atoms. The molecular formula is C16H9BrClFN4. The Labute approximate surface area is 144 Å². The zero-order chi connectivity index (χ0) is 16.0. The van der Waals surface area contributed by atoms with E-state index in [1.54, 1.807) is 24.5 Å². The molecule has 1 aliphatic rings. The van der Waals surface area contributed by atoms with Gasteiger partial charge < -0.3 is 0 Å². The van der Waals surface area contributed by atoms with Crippen molar-refractivity contribution in [3.63, 3.8) is 0 Å². The van der Waals surface area contributed by atoms with Crippen LogP contribution in [0, 0.1) is 5.82 Å². The summed E-state index contributed by atoms with van der Waals surface area (Å²) in [6.07, 6.45) is 1.61. The van der Waals surface area contributed by atoms with Gasteiger partial charge in [-0.2, -0.15) is 0 Å². The zero-order valence-electron chi connectivity index (χ0n) is 11.7. The van der Waals surface area contributed by atoms with E-state index in [4.69, 9.17) is 11.6 Å². The van der Waals surface area contributed by atoms with Gasteiger partial charge in [-0.15, -0.1) is 10.2 Å². The van der Waals surface area contributed by atoms with E-state index in [1.165, 1.54) is 6.07 Å². The standard InChI is InChI=1S/C16H9BrClFN4/c17-10-5-6-12-14(15(10)18)16(9-3-1-2-4-11(9)19)20-7-13-22-21-8-23(12)13/h1-6,8H,7H2. The molecule has 0 N–H and O–H groups in total. The zero-order valence-corrected chi connectivity index (χ0v) is 14.0. The van der Waals surface area contributed by atoms with Crippen molar-refractivity contribution >= 4 is 33.2 Å². The summed E-state index contributed by atoms with van der Waals surface area (Å²) in [5.41, 5.74) is 2.35. The highest BCUT2D eigenvalue weighted by molar-refractivity contribution is 9.10. The van der Waals surface area contributed by atoms with Crippen molar-refractivity contribution in [3.05, 3.63) is 75.0 Å². The molecule has 2 heterocycles. The normalized spacial score (nSPS) is 13.1. The summed E-state index contributed by atoms with van der Waals surface area (Å²) in [6, 6.07) is 10.3. The van der Waals surface area contributed by atoms with E-state index in [2.05, 4.69) is 31.1 Å². The topological polar surface area (TPSA) is 43.1 Å². The lowest BCUT2D eigenvalue weighted by molar-refractivity contribution is 0.625. The minimum absolute atomic E-state index is 0.298. The fourth-order valence-electron chi connectivity index (χ4n) is 2.64. The van der Waals surface area contributed by atoms with Crippen LogP contribution in [-0.2, 0) is 6.54 Å². The van der Waals surface area contributed by atoms with Crippen molar-refractivity contribution in [2.24, 2.45) is 4.99 Å². The van der Waals surface area contributed by atoms with Crippen molar-refractivity contribution < 1.29 is 4.39 Å². The molecule has 0 fully saturated rings. The summed E-state index contributed by atoms with van der Waals surface area (Å²) in [7, 11) is 0. The summed E-state index contributed by atoms with van der Waals surface area (Å²) in [5, 5.41) is 8.48. The van der Waals surface area contributed by atoms with Gasteiger partial charge in [0.15, 0.2) is 5.82 Å². The van der Waals surface area contributed by atoms with Crippen molar-refractivity contribution in [2.75, 3.05) is 0 Å². The molecule has 4 rings (SSSR count). The summed E-state index contributed by atoms with van der Waals surface area (Å²) in [4.78, 5) is 4.56. The van der Waals surface area contributed by atoms with Crippen LogP contribution in [0.5, 0.6) is 0 Å². The molecule has 4 nitrogen and oxygen atoms in total. The van der Waals surface area contributed by atoms with Crippen LogP contribution in [0.25, 0.3) is 5.69 Å². The van der Waals surface area contributed by atoms with Crippen molar-refractivity contribution in [1.29, 1.82) is 0 Å². The number of hydrogen-bond donors (Lipinski definition) is 0. The number of nitrogens with zero attached hydrogens (tertiary/aromatic N) is 4. The predicted molar refractivity (Wildman–Crippen MR) is 89.8 cm³/mol. The van der Waals surface area contributed by atoms with Crippen molar-refractivity contribution in [2.45, 2.75) is 6.54 Å². The van der Waals surface area contributed by atoms with Gasteiger partial charge in [-0.1, -0.05) is 23.7 Å². The maximum Gasteiger partial charge on any atom is 0.159 e. The third-order valence-corrected chi connectivity index (χ3v) is 4.98. The SMILES string of the molecule is Fc1ccccc1C1=NCc2nncn2-c2ccc(Br)c(Cl)c21. The molecule has 0 bridgehead atoms. The third-order valence-electron chi connectivity index (χ3n) is 3.70. The van der Waals surface area contributed by atoms with Crippen LogP contribution in [0.4, 0.5) is 4.39 Å². The molecular weight excluding hydrogens is 383 g/mol. The van der Waals surface area contributed by atoms with E-state index in [0.717, 1.165) is 10.2 Å². The molecule has 1 aromatic heterocycles. The molecule has 1 aliphatic heterocycles. The number of aromatic nitrogens is 3. The molecule has 0 amide bonds. The Morgan fingerprint density at radius 3 is 2.83 bits per heavy atom. The average molecular weight is 392 g/mol. The van der Waals surface area contributed by atoms with Gasteiger partial charge in [0.2, 0.25) is 0 Å². The Kier molecular flexibility index (Phi) is 3.50. The lowest BCUT2D eigenvalue weighted by Gasteiger charge is -2.14. The second kappa shape index (κ2) is 5.54. The largest absolute Gasteiger partial charge is 0.283 e. The second-order valence-electron chi connectivity index (χ2n) is 5.02. The molecule has 0 radical (unpaired) electrons. The van der Waals surface area contributed by atoms with Crippen LogP contribution >= 0.6 is 27.5 Å². The van der Waals surface area contributed by atoms with Gasteiger partial charge in [0.25, 0.3) is 0 Å². The van der Waals surface area contributed by atoms with E-state index < -0.39 is 0 Å². The summed E-state index contributed by atoms with van der Waals surface area (Å²) < 4.78 is 16.9. The second-order valence-corrected chi connectivity index (χ2v) is 6.25. The van der Waals surface area contributed by atoms with Gasteiger partial charge in [0, 0.05) is 15.6 Å². The number of aliphatic imine (C=N–C) groups is 1. The monoisotopic (exact) mass is 390 g/mol. The quantitative estimate of drug-likeness (QED) is 0.625. The lowest BCUT2D eigenvalue weighted by Crippen LogP contribution is -2.10. The molecule has 3 aromatic rings. The molecule has 7 heteroatoms. The Morgan fingerprint density at radius 1 is 1.17 bits per heavy atom.